The molecule has 10 heteroatoms. The summed E-state index contributed by atoms with van der Waals surface area (Å²) in [6, 6.07) is 9.25. The quantitative estimate of drug-likeness (QED) is 0.478. The van der Waals surface area contributed by atoms with E-state index in [1.807, 2.05) is 0 Å². The fourth-order valence-corrected chi connectivity index (χ4v) is 3.52. The highest BCUT2D eigenvalue weighted by Crippen LogP contribution is 2.30. The van der Waals surface area contributed by atoms with Gasteiger partial charge in [0.1, 0.15) is 0 Å². The van der Waals surface area contributed by atoms with Gasteiger partial charge in [-0.05, 0) is 29.2 Å². The summed E-state index contributed by atoms with van der Waals surface area (Å²) in [7, 11) is -5.05. The molecule has 3 aromatic rings. The third kappa shape index (κ3) is 3.37. The second-order valence-corrected chi connectivity index (χ2v) is 7.63. The third-order valence-corrected chi connectivity index (χ3v) is 5.01. The molecule has 132 valence electrons. The maximum atomic E-state index is 12.2. The summed E-state index contributed by atoms with van der Waals surface area (Å²) in [4.78, 5) is 10.5. The number of carbonyl (C=O) groups is 1. The SMILES string of the molecule is CS(=O)(=O)c1ccc(B(O)OC=O)cc1-c1ccc2c(N)cnnc2c1. The Morgan fingerprint density at radius 1 is 1.23 bits per heavy atom. The first-order valence-corrected chi connectivity index (χ1v) is 9.33. The Kier molecular flexibility index (Phi) is 4.62. The molecule has 3 rings (SSSR count). The normalized spacial score (nSPS) is 11.3. The first-order valence-electron chi connectivity index (χ1n) is 7.43. The standard InChI is InChI=1S/C16H14BN3O5S/c1-26(23,24)16-5-3-11(17(22)25-9-21)7-13(16)10-2-4-12-14(18)8-19-20-15(12)6-10/h2-9,22H,1H3,(H2,18,20). The summed E-state index contributed by atoms with van der Waals surface area (Å²) in [5.41, 5.74) is 7.92. The zero-order chi connectivity index (χ0) is 18.9. The average molecular weight is 371 g/mol. The fraction of sp³-hybridized carbons (Fsp3) is 0.0625. The van der Waals surface area contributed by atoms with Crippen molar-refractivity contribution in [2.75, 3.05) is 12.0 Å². The lowest BCUT2D eigenvalue weighted by Gasteiger charge is -2.12. The fourth-order valence-electron chi connectivity index (χ4n) is 2.63. The Morgan fingerprint density at radius 2 is 2.00 bits per heavy atom. The summed E-state index contributed by atoms with van der Waals surface area (Å²) in [6.07, 6.45) is 2.51. The smallest absolute Gasteiger partial charge is 0.508 e. The number of sulfone groups is 1. The van der Waals surface area contributed by atoms with E-state index in [1.165, 1.54) is 24.4 Å². The minimum absolute atomic E-state index is 0.0655. The highest BCUT2D eigenvalue weighted by molar-refractivity contribution is 7.90. The van der Waals surface area contributed by atoms with Crippen LogP contribution in [0.3, 0.4) is 0 Å². The summed E-state index contributed by atoms with van der Waals surface area (Å²) >= 11 is 0. The predicted molar refractivity (Wildman–Crippen MR) is 97.3 cm³/mol. The molecule has 1 heterocycles. The minimum atomic E-state index is -3.55. The van der Waals surface area contributed by atoms with Gasteiger partial charge < -0.3 is 15.4 Å². The molecule has 0 aliphatic heterocycles. The van der Waals surface area contributed by atoms with Gasteiger partial charge >= 0.3 is 7.12 Å². The van der Waals surface area contributed by atoms with Crippen molar-refractivity contribution < 1.29 is 22.9 Å². The molecule has 0 saturated carbocycles. The van der Waals surface area contributed by atoms with Crippen LogP contribution in [0.4, 0.5) is 5.69 Å². The number of aromatic nitrogens is 2. The molecule has 0 atom stereocenters. The maximum Gasteiger partial charge on any atom is 0.561 e. The lowest BCUT2D eigenvalue weighted by Crippen LogP contribution is -2.33. The van der Waals surface area contributed by atoms with Crippen LogP contribution < -0.4 is 11.2 Å². The van der Waals surface area contributed by atoms with Crippen molar-refractivity contribution in [3.8, 4) is 11.1 Å². The van der Waals surface area contributed by atoms with E-state index < -0.39 is 17.0 Å². The number of nitrogens with zero attached hydrogens (tertiary/aromatic N) is 2. The molecule has 2 aromatic carbocycles. The van der Waals surface area contributed by atoms with Gasteiger partial charge in [0, 0.05) is 17.2 Å². The molecule has 26 heavy (non-hydrogen) atoms. The van der Waals surface area contributed by atoms with Gasteiger partial charge in [0.05, 0.1) is 22.3 Å². The van der Waals surface area contributed by atoms with Crippen LogP contribution in [0.1, 0.15) is 0 Å². The average Bonchev–Trinajstić information content (AvgIpc) is 2.60. The van der Waals surface area contributed by atoms with Gasteiger partial charge in [-0.15, -0.1) is 0 Å². The molecule has 0 aliphatic rings. The largest absolute Gasteiger partial charge is 0.561 e. The van der Waals surface area contributed by atoms with E-state index >= 15 is 0 Å². The Morgan fingerprint density at radius 3 is 2.69 bits per heavy atom. The predicted octanol–water partition coefficient (Wildman–Crippen LogP) is 0.143. The van der Waals surface area contributed by atoms with E-state index in [9.17, 15) is 18.2 Å². The molecule has 0 amide bonds. The van der Waals surface area contributed by atoms with Crippen molar-refractivity contribution in [2.45, 2.75) is 4.90 Å². The monoisotopic (exact) mass is 371 g/mol. The van der Waals surface area contributed by atoms with Gasteiger partial charge in [-0.2, -0.15) is 10.2 Å². The number of hydrogen-bond acceptors (Lipinski definition) is 8. The summed E-state index contributed by atoms with van der Waals surface area (Å²) in [5, 5.41) is 18.3. The van der Waals surface area contributed by atoms with Crippen molar-refractivity contribution >= 4 is 45.5 Å². The molecular formula is C16H14BN3O5S. The number of anilines is 1. The number of carbonyl (C=O) groups excluding carboxylic acids is 1. The highest BCUT2D eigenvalue weighted by Gasteiger charge is 2.22. The first kappa shape index (κ1) is 17.8. The van der Waals surface area contributed by atoms with Crippen LogP contribution in [0.5, 0.6) is 0 Å². The van der Waals surface area contributed by atoms with Crippen LogP contribution in [0.25, 0.3) is 22.0 Å². The van der Waals surface area contributed by atoms with Gasteiger partial charge in [0.25, 0.3) is 6.47 Å². The second kappa shape index (κ2) is 6.73. The number of nitrogens with two attached hydrogens (primary N) is 1. The number of rotatable bonds is 5. The van der Waals surface area contributed by atoms with E-state index in [1.54, 1.807) is 18.2 Å². The van der Waals surface area contributed by atoms with Crippen LogP contribution in [-0.4, -0.2) is 43.5 Å². The van der Waals surface area contributed by atoms with E-state index in [2.05, 4.69) is 14.9 Å². The molecule has 0 unspecified atom stereocenters. The molecule has 0 fully saturated rings. The van der Waals surface area contributed by atoms with Crippen molar-refractivity contribution in [3.05, 3.63) is 42.6 Å². The maximum absolute atomic E-state index is 12.2. The number of nitrogen functional groups attached to an aromatic ring is 1. The van der Waals surface area contributed by atoms with E-state index in [-0.39, 0.29) is 16.8 Å². The Labute approximate surface area is 149 Å². The van der Waals surface area contributed by atoms with Gasteiger partial charge in [-0.3, -0.25) is 4.79 Å². The summed E-state index contributed by atoms with van der Waals surface area (Å²) < 4.78 is 28.8. The lowest BCUT2D eigenvalue weighted by atomic mass is 9.78. The molecule has 8 nitrogen and oxygen atoms in total. The summed E-state index contributed by atoms with van der Waals surface area (Å²) in [6.45, 7) is 0.114. The van der Waals surface area contributed by atoms with Gasteiger partial charge in [0.2, 0.25) is 0 Å². The zero-order valence-corrected chi connectivity index (χ0v) is 14.5. The van der Waals surface area contributed by atoms with Crippen molar-refractivity contribution in [1.82, 2.24) is 10.2 Å². The van der Waals surface area contributed by atoms with Crippen LogP contribution in [0, 0.1) is 0 Å². The van der Waals surface area contributed by atoms with Crippen molar-refractivity contribution in [2.24, 2.45) is 0 Å². The number of hydrogen-bond donors (Lipinski definition) is 2. The zero-order valence-electron chi connectivity index (χ0n) is 13.7. The van der Waals surface area contributed by atoms with Crippen LogP contribution in [-0.2, 0) is 19.3 Å². The summed E-state index contributed by atoms with van der Waals surface area (Å²) in [5.74, 6) is 0. The van der Waals surface area contributed by atoms with E-state index in [4.69, 9.17) is 5.73 Å². The van der Waals surface area contributed by atoms with Crippen molar-refractivity contribution in [1.29, 1.82) is 0 Å². The molecule has 3 N–H and O–H groups in total. The molecule has 1 aromatic heterocycles. The van der Waals surface area contributed by atoms with Gasteiger partial charge in [-0.25, -0.2) is 8.42 Å². The third-order valence-electron chi connectivity index (χ3n) is 3.85. The highest BCUT2D eigenvalue weighted by atomic mass is 32.2. The molecule has 0 spiro atoms. The molecule has 0 saturated heterocycles. The van der Waals surface area contributed by atoms with E-state index in [0.29, 0.717) is 27.7 Å². The van der Waals surface area contributed by atoms with Gasteiger partial charge in [-0.1, -0.05) is 18.2 Å². The molecule has 0 bridgehead atoms. The molecular weight excluding hydrogens is 357 g/mol. The van der Waals surface area contributed by atoms with Crippen LogP contribution in [0.15, 0.2) is 47.5 Å². The van der Waals surface area contributed by atoms with E-state index in [0.717, 1.165) is 6.26 Å². The van der Waals surface area contributed by atoms with Crippen LogP contribution >= 0.6 is 0 Å². The van der Waals surface area contributed by atoms with Crippen LogP contribution in [0.2, 0.25) is 0 Å². The molecule has 0 aliphatic carbocycles. The second-order valence-electron chi connectivity index (χ2n) is 5.64. The first-order chi connectivity index (χ1) is 12.3. The number of fused-ring (bicyclic) bond motifs is 1. The topological polar surface area (TPSA) is 132 Å². The minimum Gasteiger partial charge on any atom is -0.508 e. The Balaban J connectivity index is 2.24. The Bertz CT molecular complexity index is 1100. The number of benzene rings is 2. The Hall–Kier alpha value is -2.98. The van der Waals surface area contributed by atoms with Gasteiger partial charge in [0.15, 0.2) is 9.84 Å². The van der Waals surface area contributed by atoms with Crippen molar-refractivity contribution in [3.63, 3.8) is 0 Å². The molecule has 0 radical (unpaired) electrons. The lowest BCUT2D eigenvalue weighted by molar-refractivity contribution is -0.121.